The number of alkyl carbamates (subject to hydrolysis) is 1. The van der Waals surface area contributed by atoms with Crippen LogP contribution >= 0.6 is 0 Å². The van der Waals surface area contributed by atoms with E-state index < -0.39 is 53.7 Å². The third-order valence-corrected chi connectivity index (χ3v) is 11.9. The number of likely N-dealkylation sites (tertiary alicyclic amines) is 1. The molecular weight excluding hydrogens is 634 g/mol. The third-order valence-electron chi connectivity index (χ3n) is 11.9. The van der Waals surface area contributed by atoms with Crippen LogP contribution in [0.4, 0.5) is 25.0 Å². The zero-order valence-corrected chi connectivity index (χ0v) is 29.7. The number of halogens is 2. The SMILES string of the molecule is COc1ccc2c(c1)NC(O)C(CCCCC1C[C@@]13CC(F)(F)CC3OC(=O)NC(C(=O)N1CCC3(CC3)[C@H]1C(=O)C(C)C)C(C)(C)C)N2. The number of hydrogen-bond donors (Lipinski definition) is 4. The first-order chi connectivity index (χ1) is 23.0. The molecule has 0 aromatic heterocycles. The highest BCUT2D eigenvalue weighted by atomic mass is 19.3. The zero-order chi connectivity index (χ0) is 35.5. The average molecular weight is 689 g/mol. The molecule has 0 bridgehead atoms. The minimum atomic E-state index is -2.94. The van der Waals surface area contributed by atoms with Crippen LogP contribution in [0, 0.1) is 28.1 Å². The summed E-state index contributed by atoms with van der Waals surface area (Å²) in [5.74, 6) is -2.73. The molecule has 10 nitrogen and oxygen atoms in total. The van der Waals surface area contributed by atoms with Gasteiger partial charge in [-0.3, -0.25) is 9.59 Å². The molecule has 1 aromatic carbocycles. The fourth-order valence-corrected chi connectivity index (χ4v) is 8.85. The summed E-state index contributed by atoms with van der Waals surface area (Å²) < 4.78 is 40.8. The molecule has 2 aliphatic heterocycles. The van der Waals surface area contributed by atoms with E-state index in [0.29, 0.717) is 25.1 Å². The van der Waals surface area contributed by atoms with E-state index in [9.17, 15) is 28.3 Å². The lowest BCUT2D eigenvalue weighted by molar-refractivity contribution is -0.143. The Labute approximate surface area is 288 Å². The number of ether oxygens (including phenoxy) is 2. The summed E-state index contributed by atoms with van der Waals surface area (Å²) in [7, 11) is 1.59. The van der Waals surface area contributed by atoms with Gasteiger partial charge in [0.15, 0.2) is 5.78 Å². The average Bonchev–Trinajstić information content (AvgIpc) is 3.88. The lowest BCUT2D eigenvalue weighted by Crippen LogP contribution is -2.58. The van der Waals surface area contributed by atoms with Crippen molar-refractivity contribution in [2.75, 3.05) is 24.3 Å². The Hall–Kier alpha value is -3.15. The van der Waals surface area contributed by atoms with E-state index in [0.717, 1.165) is 49.9 Å². The van der Waals surface area contributed by atoms with Crippen molar-refractivity contribution in [1.29, 1.82) is 0 Å². The lowest BCUT2D eigenvalue weighted by atomic mass is 9.84. The first-order valence-electron chi connectivity index (χ1n) is 18.1. The summed E-state index contributed by atoms with van der Waals surface area (Å²) in [5, 5.41) is 19.9. The van der Waals surface area contributed by atoms with Crippen LogP contribution < -0.4 is 20.7 Å². The van der Waals surface area contributed by atoms with Crippen molar-refractivity contribution in [3.63, 3.8) is 0 Å². The van der Waals surface area contributed by atoms with Gasteiger partial charge in [-0.25, -0.2) is 13.6 Å². The predicted molar refractivity (Wildman–Crippen MR) is 182 cm³/mol. The second kappa shape index (κ2) is 12.9. The van der Waals surface area contributed by atoms with Crippen LogP contribution in [0.15, 0.2) is 18.2 Å². The van der Waals surface area contributed by atoms with Crippen molar-refractivity contribution in [3.8, 4) is 5.75 Å². The van der Waals surface area contributed by atoms with Crippen molar-refractivity contribution < 1.29 is 37.7 Å². The molecule has 2 amide bonds. The number of fused-ring (bicyclic) bond motifs is 1. The zero-order valence-electron chi connectivity index (χ0n) is 29.7. The number of methoxy groups -OCH3 is 1. The van der Waals surface area contributed by atoms with E-state index >= 15 is 0 Å². The largest absolute Gasteiger partial charge is 0.497 e. The number of benzene rings is 1. The number of aliphatic hydroxyl groups is 1. The van der Waals surface area contributed by atoms with Gasteiger partial charge in [0.1, 0.15) is 24.1 Å². The van der Waals surface area contributed by atoms with Crippen molar-refractivity contribution in [3.05, 3.63) is 18.2 Å². The summed E-state index contributed by atoms with van der Waals surface area (Å²) >= 11 is 0. The number of amides is 2. The van der Waals surface area contributed by atoms with E-state index in [2.05, 4.69) is 16.0 Å². The van der Waals surface area contributed by atoms with Crippen LogP contribution in [0.25, 0.3) is 0 Å². The van der Waals surface area contributed by atoms with Gasteiger partial charge in [-0.1, -0.05) is 47.5 Å². The van der Waals surface area contributed by atoms with E-state index in [-0.39, 0.29) is 41.4 Å². The first kappa shape index (κ1) is 35.7. The Morgan fingerprint density at radius 2 is 1.78 bits per heavy atom. The Kier molecular flexibility index (Phi) is 9.37. The number of nitrogens with zero attached hydrogens (tertiary/aromatic N) is 1. The molecule has 7 atom stereocenters. The second-order valence-electron chi connectivity index (χ2n) is 16.8. The molecule has 5 unspecified atom stereocenters. The molecule has 6 rings (SSSR count). The molecule has 1 saturated heterocycles. The van der Waals surface area contributed by atoms with Gasteiger partial charge in [0.05, 0.1) is 30.6 Å². The molecule has 3 saturated carbocycles. The molecule has 3 aliphatic carbocycles. The second-order valence-corrected chi connectivity index (χ2v) is 16.8. The number of carbonyl (C=O) groups is 3. The Morgan fingerprint density at radius 1 is 1.06 bits per heavy atom. The quantitative estimate of drug-likeness (QED) is 0.199. The summed E-state index contributed by atoms with van der Waals surface area (Å²) in [6.07, 6.45) is 2.75. The van der Waals surface area contributed by atoms with Gasteiger partial charge in [-0.2, -0.15) is 0 Å². The molecule has 1 aromatic rings. The molecule has 272 valence electrons. The normalized spacial score (nSPS) is 31.1. The fraction of sp³-hybridized carbons (Fsp3) is 0.757. The molecule has 5 aliphatic rings. The molecule has 4 N–H and O–H groups in total. The van der Waals surface area contributed by atoms with Crippen LogP contribution in [0.3, 0.4) is 0 Å². The van der Waals surface area contributed by atoms with Crippen molar-refractivity contribution in [1.82, 2.24) is 10.2 Å². The smallest absolute Gasteiger partial charge is 0.408 e. The third kappa shape index (κ3) is 7.08. The number of carbonyl (C=O) groups excluding carboxylic acids is 3. The van der Waals surface area contributed by atoms with Gasteiger partial charge in [0.2, 0.25) is 5.91 Å². The number of aliphatic hydroxyl groups excluding tert-OH is 1. The van der Waals surface area contributed by atoms with Gasteiger partial charge < -0.3 is 35.4 Å². The summed E-state index contributed by atoms with van der Waals surface area (Å²) in [6.45, 7) is 9.68. The van der Waals surface area contributed by atoms with E-state index in [1.54, 1.807) is 12.0 Å². The standard InChI is InChI=1S/C37H54F2N4O6/c1-21(2)28(44)30-35(13-14-35)15-16-43(30)32(46)29(34(3,4)5)42-33(47)49-27-19-37(38,39)20-36(27)18-22(36)9-7-8-10-25-31(45)41-26-17-23(48-6)11-12-24(26)40-25/h11-12,17,21-22,25,27,29-31,40-41,45H,7-10,13-16,18-20H2,1-6H3,(H,42,47)/t22?,25?,27?,29?,30-,31?,36-/m1/s1. The van der Waals surface area contributed by atoms with Gasteiger partial charge in [-0.05, 0) is 67.4 Å². The number of unbranched alkanes of at least 4 members (excludes halogenated alkanes) is 1. The first-order valence-corrected chi connectivity index (χ1v) is 18.1. The molecule has 4 fully saturated rings. The van der Waals surface area contributed by atoms with Crippen LogP contribution in [-0.2, 0) is 14.3 Å². The Bertz CT molecular complexity index is 1440. The van der Waals surface area contributed by atoms with Gasteiger partial charge in [0.25, 0.3) is 5.92 Å². The van der Waals surface area contributed by atoms with E-state index in [1.807, 2.05) is 52.8 Å². The molecule has 2 spiro atoms. The summed E-state index contributed by atoms with van der Waals surface area (Å²) in [6, 6.07) is 3.92. The number of ketones is 1. The summed E-state index contributed by atoms with van der Waals surface area (Å²) in [4.78, 5) is 42.4. The Morgan fingerprint density at radius 3 is 2.43 bits per heavy atom. The maximum atomic E-state index is 14.9. The molecular formula is C37H54F2N4O6. The van der Waals surface area contributed by atoms with Crippen molar-refractivity contribution in [2.24, 2.45) is 28.1 Å². The van der Waals surface area contributed by atoms with Crippen LogP contribution in [0.1, 0.15) is 98.8 Å². The molecule has 12 heteroatoms. The number of anilines is 2. The molecule has 49 heavy (non-hydrogen) atoms. The summed E-state index contributed by atoms with van der Waals surface area (Å²) in [5.41, 5.74) is 0.0198. The van der Waals surface area contributed by atoms with Gasteiger partial charge in [-0.15, -0.1) is 0 Å². The highest BCUT2D eigenvalue weighted by Gasteiger charge is 2.69. The van der Waals surface area contributed by atoms with Crippen LogP contribution in [-0.4, -0.2) is 77.8 Å². The number of nitrogens with one attached hydrogen (secondary N) is 3. The van der Waals surface area contributed by atoms with Crippen molar-refractivity contribution >= 4 is 29.2 Å². The van der Waals surface area contributed by atoms with Gasteiger partial charge >= 0.3 is 6.09 Å². The Balaban J connectivity index is 1.04. The highest BCUT2D eigenvalue weighted by Crippen LogP contribution is 2.68. The lowest BCUT2D eigenvalue weighted by Gasteiger charge is -2.36. The van der Waals surface area contributed by atoms with E-state index in [4.69, 9.17) is 9.47 Å². The number of Topliss-reactive ketones (excluding diaryl/α,β-unsaturated/α-hetero) is 1. The monoisotopic (exact) mass is 688 g/mol. The van der Waals surface area contributed by atoms with Gasteiger partial charge in [0, 0.05) is 36.8 Å². The molecule has 2 heterocycles. The maximum absolute atomic E-state index is 14.9. The van der Waals surface area contributed by atoms with Crippen LogP contribution in [0.5, 0.6) is 5.75 Å². The predicted octanol–water partition coefficient (Wildman–Crippen LogP) is 6.33. The van der Waals surface area contributed by atoms with E-state index in [1.165, 1.54) is 0 Å². The highest BCUT2D eigenvalue weighted by molar-refractivity contribution is 5.95. The van der Waals surface area contributed by atoms with Crippen LogP contribution in [0.2, 0.25) is 0 Å². The minimum Gasteiger partial charge on any atom is -0.497 e. The molecule has 0 radical (unpaired) electrons. The number of rotatable bonds is 11. The maximum Gasteiger partial charge on any atom is 0.408 e. The number of alkyl halides is 2. The topological polar surface area (TPSA) is 129 Å². The fourth-order valence-electron chi connectivity index (χ4n) is 8.85. The van der Waals surface area contributed by atoms with Crippen molar-refractivity contribution in [2.45, 2.75) is 135 Å². The minimum absolute atomic E-state index is 0.0106. The number of hydrogen-bond acceptors (Lipinski definition) is 8.